The largest absolute Gasteiger partial charge is 0.351 e. The van der Waals surface area contributed by atoms with Crippen molar-refractivity contribution in [1.82, 2.24) is 5.32 Å². The molecule has 0 unspecified atom stereocenters. The van der Waals surface area contributed by atoms with Crippen molar-refractivity contribution in [2.75, 3.05) is 0 Å². The SMILES string of the molecule is CCC(=O)CCC12CC(NC(=O)CC)(C1)C2. The van der Waals surface area contributed by atoms with E-state index in [4.69, 9.17) is 0 Å². The van der Waals surface area contributed by atoms with Crippen LogP contribution in [0.3, 0.4) is 0 Å². The standard InChI is InChI=1S/C13H21NO2/c1-3-10(15)5-6-12-7-13(8-12,9-12)14-11(16)4-2/h3-9H2,1-2H3,(H,14,16). The molecule has 2 bridgehead atoms. The Balaban J connectivity index is 1.72. The molecule has 3 aliphatic rings. The van der Waals surface area contributed by atoms with Crippen LogP contribution in [-0.4, -0.2) is 17.2 Å². The highest BCUT2D eigenvalue weighted by Crippen LogP contribution is 2.69. The number of hydrogen-bond acceptors (Lipinski definition) is 2. The normalized spacial score (nSPS) is 34.9. The molecule has 3 heteroatoms. The van der Waals surface area contributed by atoms with Crippen LogP contribution in [0.15, 0.2) is 0 Å². The fraction of sp³-hybridized carbons (Fsp3) is 0.846. The third-order valence-electron chi connectivity index (χ3n) is 4.19. The van der Waals surface area contributed by atoms with Crippen LogP contribution in [0.5, 0.6) is 0 Å². The smallest absolute Gasteiger partial charge is 0.220 e. The van der Waals surface area contributed by atoms with E-state index in [0.717, 1.165) is 32.1 Å². The summed E-state index contributed by atoms with van der Waals surface area (Å²) in [7, 11) is 0. The molecule has 3 aliphatic carbocycles. The Bertz CT molecular complexity index is 302. The van der Waals surface area contributed by atoms with Gasteiger partial charge in [-0.05, 0) is 31.1 Å². The number of carbonyl (C=O) groups excluding carboxylic acids is 2. The number of ketones is 1. The third kappa shape index (κ3) is 1.87. The van der Waals surface area contributed by atoms with Crippen LogP contribution in [0.4, 0.5) is 0 Å². The zero-order chi connectivity index (χ0) is 11.8. The molecule has 0 saturated heterocycles. The van der Waals surface area contributed by atoms with Crippen LogP contribution in [0.1, 0.15) is 58.8 Å². The average molecular weight is 223 g/mol. The van der Waals surface area contributed by atoms with Crippen LogP contribution >= 0.6 is 0 Å². The highest BCUT2D eigenvalue weighted by atomic mass is 16.1. The molecule has 0 radical (unpaired) electrons. The van der Waals surface area contributed by atoms with Gasteiger partial charge in [-0.15, -0.1) is 0 Å². The topological polar surface area (TPSA) is 46.2 Å². The second-order valence-electron chi connectivity index (χ2n) is 5.60. The molecule has 3 rings (SSSR count). The first-order valence-corrected chi connectivity index (χ1v) is 6.36. The molecule has 3 saturated carbocycles. The van der Waals surface area contributed by atoms with Crippen LogP contribution in [-0.2, 0) is 9.59 Å². The van der Waals surface area contributed by atoms with Gasteiger partial charge < -0.3 is 5.32 Å². The molecule has 0 heterocycles. The maximum Gasteiger partial charge on any atom is 0.220 e. The van der Waals surface area contributed by atoms with Gasteiger partial charge in [0.1, 0.15) is 5.78 Å². The predicted molar refractivity (Wildman–Crippen MR) is 62.0 cm³/mol. The zero-order valence-corrected chi connectivity index (χ0v) is 10.3. The van der Waals surface area contributed by atoms with Crippen molar-refractivity contribution in [3.63, 3.8) is 0 Å². The van der Waals surface area contributed by atoms with Crippen LogP contribution in [0.25, 0.3) is 0 Å². The Kier molecular flexibility index (Phi) is 2.81. The minimum Gasteiger partial charge on any atom is -0.351 e. The van der Waals surface area contributed by atoms with E-state index in [-0.39, 0.29) is 11.4 Å². The van der Waals surface area contributed by atoms with Gasteiger partial charge in [-0.3, -0.25) is 9.59 Å². The summed E-state index contributed by atoms with van der Waals surface area (Å²) in [5, 5.41) is 3.11. The van der Waals surface area contributed by atoms with Gasteiger partial charge in [-0.1, -0.05) is 13.8 Å². The molecule has 0 aromatic rings. The van der Waals surface area contributed by atoms with E-state index in [1.165, 1.54) is 0 Å². The van der Waals surface area contributed by atoms with E-state index in [2.05, 4.69) is 5.32 Å². The van der Waals surface area contributed by atoms with Crippen LogP contribution < -0.4 is 5.32 Å². The average Bonchev–Trinajstić information content (AvgIpc) is 2.18. The zero-order valence-electron chi connectivity index (χ0n) is 10.3. The second-order valence-corrected chi connectivity index (χ2v) is 5.60. The van der Waals surface area contributed by atoms with Gasteiger partial charge in [0.25, 0.3) is 0 Å². The number of hydrogen-bond donors (Lipinski definition) is 1. The summed E-state index contributed by atoms with van der Waals surface area (Å²) in [4.78, 5) is 22.5. The molecule has 16 heavy (non-hydrogen) atoms. The van der Waals surface area contributed by atoms with E-state index in [9.17, 15) is 9.59 Å². The van der Waals surface area contributed by atoms with Crippen molar-refractivity contribution in [1.29, 1.82) is 0 Å². The Hall–Kier alpha value is -0.860. The maximum atomic E-state index is 11.3. The fourth-order valence-electron chi connectivity index (χ4n) is 3.36. The summed E-state index contributed by atoms with van der Waals surface area (Å²) in [6.45, 7) is 3.81. The molecule has 1 amide bonds. The summed E-state index contributed by atoms with van der Waals surface area (Å²) in [5.74, 6) is 0.536. The second kappa shape index (κ2) is 3.86. The molecule has 0 spiro atoms. The Morgan fingerprint density at radius 3 is 2.25 bits per heavy atom. The molecule has 1 N–H and O–H groups in total. The first-order chi connectivity index (χ1) is 7.53. The maximum absolute atomic E-state index is 11.3. The van der Waals surface area contributed by atoms with Gasteiger partial charge in [-0.25, -0.2) is 0 Å². The van der Waals surface area contributed by atoms with Crippen molar-refractivity contribution in [3.05, 3.63) is 0 Å². The lowest BCUT2D eigenvalue weighted by Gasteiger charge is -2.71. The lowest BCUT2D eigenvalue weighted by Crippen LogP contribution is -2.74. The molecule has 0 atom stereocenters. The molecular weight excluding hydrogens is 202 g/mol. The predicted octanol–water partition coefficient (Wildman–Crippen LogP) is 2.19. The van der Waals surface area contributed by atoms with Crippen molar-refractivity contribution >= 4 is 11.7 Å². The van der Waals surface area contributed by atoms with E-state index in [0.29, 0.717) is 24.0 Å². The van der Waals surface area contributed by atoms with Crippen LogP contribution in [0.2, 0.25) is 0 Å². The molecule has 0 aromatic carbocycles. The molecule has 3 fully saturated rings. The molecular formula is C13H21NO2. The van der Waals surface area contributed by atoms with Crippen molar-refractivity contribution in [3.8, 4) is 0 Å². The fourth-order valence-corrected chi connectivity index (χ4v) is 3.36. The summed E-state index contributed by atoms with van der Waals surface area (Å²) < 4.78 is 0. The lowest BCUT2D eigenvalue weighted by molar-refractivity contribution is -0.170. The van der Waals surface area contributed by atoms with E-state index < -0.39 is 0 Å². The number of rotatable bonds is 6. The minimum absolute atomic E-state index is 0.127. The number of nitrogens with one attached hydrogen (secondary N) is 1. The lowest BCUT2D eigenvalue weighted by atomic mass is 9.38. The van der Waals surface area contributed by atoms with Gasteiger partial charge in [-0.2, -0.15) is 0 Å². The number of amides is 1. The number of Topliss-reactive ketones (excluding diaryl/α,β-unsaturated/α-hetero) is 1. The minimum atomic E-state index is 0.127. The van der Waals surface area contributed by atoms with Gasteiger partial charge in [0.2, 0.25) is 5.91 Å². The van der Waals surface area contributed by atoms with Gasteiger partial charge in [0.15, 0.2) is 0 Å². The van der Waals surface area contributed by atoms with E-state index >= 15 is 0 Å². The Morgan fingerprint density at radius 1 is 1.12 bits per heavy atom. The summed E-state index contributed by atoms with van der Waals surface area (Å²) >= 11 is 0. The Morgan fingerprint density at radius 2 is 1.75 bits per heavy atom. The third-order valence-corrected chi connectivity index (χ3v) is 4.19. The molecule has 90 valence electrons. The van der Waals surface area contributed by atoms with Gasteiger partial charge >= 0.3 is 0 Å². The quantitative estimate of drug-likeness (QED) is 0.750. The summed E-state index contributed by atoms with van der Waals surface area (Å²) in [6, 6.07) is 0. The van der Waals surface area contributed by atoms with Crippen LogP contribution in [0, 0.1) is 5.41 Å². The summed E-state index contributed by atoms with van der Waals surface area (Å²) in [5.41, 5.74) is 0.536. The first kappa shape index (κ1) is 11.6. The Labute approximate surface area is 97.0 Å². The van der Waals surface area contributed by atoms with Crippen molar-refractivity contribution in [2.45, 2.75) is 64.3 Å². The van der Waals surface area contributed by atoms with Gasteiger partial charge in [0, 0.05) is 24.8 Å². The molecule has 0 aliphatic heterocycles. The van der Waals surface area contributed by atoms with E-state index in [1.807, 2.05) is 13.8 Å². The first-order valence-electron chi connectivity index (χ1n) is 6.36. The van der Waals surface area contributed by atoms with E-state index in [1.54, 1.807) is 0 Å². The molecule has 0 aromatic heterocycles. The number of carbonyl (C=O) groups is 2. The van der Waals surface area contributed by atoms with Crippen molar-refractivity contribution in [2.24, 2.45) is 5.41 Å². The monoisotopic (exact) mass is 223 g/mol. The van der Waals surface area contributed by atoms with Crippen molar-refractivity contribution < 1.29 is 9.59 Å². The molecule has 3 nitrogen and oxygen atoms in total. The van der Waals surface area contributed by atoms with Gasteiger partial charge in [0.05, 0.1) is 0 Å². The summed E-state index contributed by atoms with van der Waals surface area (Å²) in [6.07, 6.45) is 6.29. The highest BCUT2D eigenvalue weighted by Gasteiger charge is 2.67. The highest BCUT2D eigenvalue weighted by molar-refractivity contribution is 5.78.